The summed E-state index contributed by atoms with van der Waals surface area (Å²) in [5.41, 5.74) is 4.24. The minimum atomic E-state index is -1.43. The number of tetrazole rings is 2. The summed E-state index contributed by atoms with van der Waals surface area (Å²) in [5.74, 6) is -4.01. The van der Waals surface area contributed by atoms with Crippen molar-refractivity contribution in [2.24, 2.45) is 14.1 Å². The number of benzene rings is 4. The molecule has 2 aromatic heterocycles. The van der Waals surface area contributed by atoms with Crippen LogP contribution in [0, 0.1) is 23.3 Å². The molecule has 6 aromatic rings. The Morgan fingerprint density at radius 1 is 0.537 bits per heavy atom. The molecule has 0 fully saturated rings. The molecule has 67 heavy (non-hydrogen) atoms. The number of aryl methyl sites for hydroxylation is 2. The van der Waals surface area contributed by atoms with Crippen LogP contribution < -0.4 is 10.2 Å². The largest absolute Gasteiger partial charge is 2.00 e. The van der Waals surface area contributed by atoms with Crippen LogP contribution >= 0.6 is 0 Å². The molecule has 4 atom stereocenters. The first kappa shape index (κ1) is 53.4. The number of allylic oxidation sites excluding steroid dienone is 4. The van der Waals surface area contributed by atoms with Gasteiger partial charge in [0.05, 0.1) is 24.4 Å². The van der Waals surface area contributed by atoms with E-state index in [9.17, 15) is 57.8 Å². The van der Waals surface area contributed by atoms with Gasteiger partial charge in [0.1, 0.15) is 23.3 Å². The second-order valence-electron chi connectivity index (χ2n) is 14.6. The maximum absolute atomic E-state index is 13.6. The van der Waals surface area contributed by atoms with Crippen LogP contribution in [-0.4, -0.2) is 135 Å². The Kier molecular flexibility index (Phi) is 20.4. The number of carbonyl (C=O) groups excluding carboxylic acids is 2. The number of aliphatic hydroxyl groups excluding tert-OH is 4. The van der Waals surface area contributed by atoms with Gasteiger partial charge in [0, 0.05) is 62.9 Å². The zero-order chi connectivity index (χ0) is 47.9. The third-order valence-corrected chi connectivity index (χ3v) is 9.59. The number of halogens is 4. The van der Waals surface area contributed by atoms with Gasteiger partial charge >= 0.3 is 37.7 Å². The summed E-state index contributed by atoms with van der Waals surface area (Å²) < 4.78 is 57.1. The van der Waals surface area contributed by atoms with Crippen molar-refractivity contribution in [2.75, 3.05) is 0 Å². The summed E-state index contributed by atoms with van der Waals surface area (Å²) in [4.78, 5) is 21.3. The zero-order valence-electron chi connectivity index (χ0n) is 35.9. The summed E-state index contributed by atoms with van der Waals surface area (Å²) in [6, 6.07) is 22.6. The molecule has 4 aromatic carbocycles. The summed E-state index contributed by atoms with van der Waals surface area (Å²) in [6.45, 7) is 0. The molecule has 0 bridgehead atoms. The van der Waals surface area contributed by atoms with Crippen LogP contribution in [0.5, 0.6) is 0 Å². The third-order valence-electron chi connectivity index (χ3n) is 9.59. The number of aromatic nitrogens is 8. The van der Waals surface area contributed by atoms with E-state index in [2.05, 4.69) is 31.1 Å². The number of hydrogen-bond acceptors (Lipinski definition) is 14. The Balaban J connectivity index is 0.000000288. The molecule has 6 rings (SSSR count). The van der Waals surface area contributed by atoms with Gasteiger partial charge in [-0.3, -0.25) is 0 Å². The smallest absolute Gasteiger partial charge is 0.550 e. The van der Waals surface area contributed by atoms with Gasteiger partial charge in [-0.05, 0) is 103 Å². The number of carbonyl (C=O) groups is 2. The number of rotatable bonds is 18. The Morgan fingerprint density at radius 2 is 0.806 bits per heavy atom. The fraction of sp³-hybridized carbons (Fsp3) is 0.217. The van der Waals surface area contributed by atoms with Crippen molar-refractivity contribution >= 4 is 72.0 Å². The van der Waals surface area contributed by atoms with E-state index in [0.717, 1.165) is 0 Å². The second kappa shape index (κ2) is 25.6. The van der Waals surface area contributed by atoms with Crippen LogP contribution in [0.4, 0.5) is 17.6 Å². The summed E-state index contributed by atoms with van der Waals surface area (Å²) in [7, 11) is 3.21. The molecule has 2 heterocycles. The number of nitrogens with zero attached hydrogens (tertiary/aromatic N) is 8. The Hall–Kier alpha value is -6.26. The molecule has 0 amide bonds. The Morgan fingerprint density at radius 3 is 1.03 bits per heavy atom. The van der Waals surface area contributed by atoms with E-state index in [1.54, 1.807) is 62.6 Å². The van der Waals surface area contributed by atoms with Gasteiger partial charge < -0.3 is 40.2 Å². The normalized spacial score (nSPS) is 12.9. The molecule has 0 spiro atoms. The van der Waals surface area contributed by atoms with Crippen molar-refractivity contribution < 1.29 is 57.8 Å². The molecule has 0 unspecified atom stereocenters. The molecular weight excluding hydrogens is 909 g/mol. The van der Waals surface area contributed by atoms with Crippen molar-refractivity contribution in [3.63, 3.8) is 0 Å². The van der Waals surface area contributed by atoms with Gasteiger partial charge in [0.15, 0.2) is 11.6 Å². The first-order valence-corrected chi connectivity index (χ1v) is 19.9. The Labute approximate surface area is 410 Å². The van der Waals surface area contributed by atoms with Crippen molar-refractivity contribution in [1.29, 1.82) is 0 Å². The minimum Gasteiger partial charge on any atom is -0.550 e. The van der Waals surface area contributed by atoms with E-state index in [-0.39, 0.29) is 50.6 Å². The van der Waals surface area contributed by atoms with Gasteiger partial charge in [0.25, 0.3) is 0 Å². The molecule has 0 aliphatic heterocycles. The molecule has 0 saturated heterocycles. The van der Waals surface area contributed by atoms with Gasteiger partial charge in [-0.2, -0.15) is 0 Å². The first-order chi connectivity index (χ1) is 31.5. The van der Waals surface area contributed by atoms with Crippen molar-refractivity contribution in [3.05, 3.63) is 179 Å². The van der Waals surface area contributed by atoms with E-state index < -0.39 is 72.5 Å². The fourth-order valence-corrected chi connectivity index (χ4v) is 6.56. The molecule has 0 radical (unpaired) electrons. The van der Waals surface area contributed by atoms with Crippen LogP contribution in [0.3, 0.4) is 0 Å². The molecule has 21 heteroatoms. The SMILES string of the molecule is Cn1nnnc1C(/C=C/[C@@H](O)C[C@@H](O)CC(=O)[O-])=C(c1ccc(F)cc1)c1ccc(F)cc1.Cn1nnnc1C(/C=C/[C@@H](O)C[C@@H](O)CC(=O)[O-])=C(c1ccc(F)cc1)c1ccc(F)cc1.[Ca+2]. The maximum atomic E-state index is 13.6. The molecule has 344 valence electrons. The average molecular weight is 951 g/mol. The predicted octanol–water partition coefficient (Wildman–Crippen LogP) is 2.13. The summed E-state index contributed by atoms with van der Waals surface area (Å²) in [5, 5.41) is 84.5. The molecular formula is C46H42CaF4N8O8. The number of carboxylic acid groups (broad SMARTS) is 2. The quantitative estimate of drug-likeness (QED) is 0.0548. The van der Waals surface area contributed by atoms with Gasteiger partial charge in [-0.1, -0.05) is 72.8 Å². The predicted molar refractivity (Wildman–Crippen MR) is 232 cm³/mol. The topological polar surface area (TPSA) is 248 Å². The van der Waals surface area contributed by atoms with Crippen LogP contribution in [0.25, 0.3) is 22.3 Å². The van der Waals surface area contributed by atoms with Crippen LogP contribution in [-0.2, 0) is 23.7 Å². The molecule has 4 N–H and O–H groups in total. The third kappa shape index (κ3) is 16.0. The molecule has 0 aliphatic rings. The van der Waals surface area contributed by atoms with Gasteiger partial charge in [-0.15, -0.1) is 10.2 Å². The van der Waals surface area contributed by atoms with Crippen molar-refractivity contribution in [1.82, 2.24) is 40.4 Å². The number of hydrogen-bond donors (Lipinski definition) is 4. The molecule has 0 saturated carbocycles. The summed E-state index contributed by atoms with van der Waals surface area (Å²) >= 11 is 0. The van der Waals surface area contributed by atoms with E-state index in [1.165, 1.54) is 82.2 Å². The zero-order valence-corrected chi connectivity index (χ0v) is 38.1. The van der Waals surface area contributed by atoms with Crippen LogP contribution in [0.15, 0.2) is 121 Å². The average Bonchev–Trinajstić information content (AvgIpc) is 3.89. The summed E-state index contributed by atoms with van der Waals surface area (Å²) in [6.07, 6.45) is -0.946. The molecule has 16 nitrogen and oxygen atoms in total. The number of carboxylic acids is 2. The van der Waals surface area contributed by atoms with E-state index in [1.807, 2.05) is 0 Å². The van der Waals surface area contributed by atoms with E-state index in [4.69, 9.17) is 0 Å². The van der Waals surface area contributed by atoms with E-state index >= 15 is 0 Å². The Bertz CT molecular complexity index is 2410. The number of aliphatic hydroxyl groups is 4. The molecule has 0 aliphatic carbocycles. The first-order valence-electron chi connectivity index (χ1n) is 19.9. The standard InChI is InChI=1S/2C23H22F2N4O4.Ca/c2*1-29-23(26-27-28-29)20(11-10-18(30)12-19(31)13-21(32)33)22(14-2-6-16(24)7-3-14)15-4-8-17(25)9-5-15;/h2*2-11,18-19,30-31H,12-13H2,1H3,(H,32,33);/q;;+2/p-2/b2*11-10+;/t2*18-,19-;/m11./s1. The number of aliphatic carboxylic acids is 2. The monoisotopic (exact) mass is 950 g/mol. The fourth-order valence-electron chi connectivity index (χ4n) is 6.56. The maximum Gasteiger partial charge on any atom is 2.00 e. The second-order valence-corrected chi connectivity index (χ2v) is 14.6. The van der Waals surface area contributed by atoms with Crippen molar-refractivity contribution in [3.8, 4) is 0 Å². The van der Waals surface area contributed by atoms with Crippen LogP contribution in [0.1, 0.15) is 59.6 Å². The van der Waals surface area contributed by atoms with E-state index in [0.29, 0.717) is 56.2 Å². The van der Waals surface area contributed by atoms with Crippen molar-refractivity contribution in [2.45, 2.75) is 50.1 Å². The van der Waals surface area contributed by atoms with Gasteiger partial charge in [0.2, 0.25) is 0 Å². The minimum absolute atomic E-state index is 0. The van der Waals surface area contributed by atoms with Gasteiger partial charge in [-0.25, -0.2) is 26.9 Å². The van der Waals surface area contributed by atoms with Crippen LogP contribution in [0.2, 0.25) is 0 Å².